The molecule has 0 saturated carbocycles. The van der Waals surface area contributed by atoms with Gasteiger partial charge in [0.05, 0.1) is 11.3 Å². The summed E-state index contributed by atoms with van der Waals surface area (Å²) in [5, 5.41) is 4.81. The van der Waals surface area contributed by atoms with Crippen LogP contribution < -0.4 is 0 Å². The van der Waals surface area contributed by atoms with E-state index in [4.69, 9.17) is 4.52 Å². The maximum Gasteiger partial charge on any atom is 0.256 e. The molecule has 2 aliphatic rings. The lowest BCUT2D eigenvalue weighted by molar-refractivity contribution is 0.0663. The summed E-state index contributed by atoms with van der Waals surface area (Å²) in [7, 11) is 0. The molecule has 7 heteroatoms. The molecule has 2 saturated heterocycles. The fourth-order valence-corrected chi connectivity index (χ4v) is 5.34. The summed E-state index contributed by atoms with van der Waals surface area (Å²) >= 11 is 1.54. The third-order valence-electron chi connectivity index (χ3n) is 6.15. The van der Waals surface area contributed by atoms with Gasteiger partial charge in [-0.3, -0.25) is 4.79 Å². The molecular formula is C23H32N4O2S. The smallest absolute Gasteiger partial charge is 0.256 e. The number of carbonyl (C=O) groups excluding carboxylic acids is 1. The summed E-state index contributed by atoms with van der Waals surface area (Å²) in [6, 6.07) is 5.67. The van der Waals surface area contributed by atoms with Gasteiger partial charge in [-0.25, -0.2) is 4.98 Å². The van der Waals surface area contributed by atoms with Crippen molar-refractivity contribution in [3.05, 3.63) is 41.4 Å². The number of piperidine rings is 1. The minimum absolute atomic E-state index is 0.107. The van der Waals surface area contributed by atoms with E-state index in [1.54, 1.807) is 18.0 Å². The lowest BCUT2D eigenvalue weighted by Gasteiger charge is -2.35. The lowest BCUT2D eigenvalue weighted by Crippen LogP contribution is -2.42. The summed E-state index contributed by atoms with van der Waals surface area (Å²) in [4.78, 5) is 22.3. The molecule has 0 spiro atoms. The van der Waals surface area contributed by atoms with E-state index in [2.05, 4.69) is 15.0 Å². The molecule has 0 aromatic carbocycles. The Labute approximate surface area is 183 Å². The zero-order valence-corrected chi connectivity index (χ0v) is 18.7. The van der Waals surface area contributed by atoms with Crippen LogP contribution in [0.15, 0.2) is 33.9 Å². The number of likely N-dealkylation sites (tertiary alicyclic amines) is 2. The molecule has 4 heterocycles. The average molecular weight is 429 g/mol. The van der Waals surface area contributed by atoms with Gasteiger partial charge in [0.15, 0.2) is 0 Å². The molecule has 2 aromatic heterocycles. The molecule has 2 aliphatic heterocycles. The highest BCUT2D eigenvalue weighted by atomic mass is 32.2. The Hall–Kier alpha value is -1.86. The third kappa shape index (κ3) is 5.64. The second-order valence-corrected chi connectivity index (χ2v) is 9.49. The number of aryl methyl sites for hydroxylation is 1. The Morgan fingerprint density at radius 3 is 2.63 bits per heavy atom. The summed E-state index contributed by atoms with van der Waals surface area (Å²) in [5.74, 6) is 2.26. The van der Waals surface area contributed by atoms with Crippen LogP contribution in [0, 0.1) is 12.8 Å². The number of carbonyl (C=O) groups is 1. The number of hydrogen-bond donors (Lipinski definition) is 0. The molecular weight excluding hydrogens is 396 g/mol. The van der Waals surface area contributed by atoms with Gasteiger partial charge in [0.1, 0.15) is 10.8 Å². The highest BCUT2D eigenvalue weighted by molar-refractivity contribution is 7.98. The lowest BCUT2D eigenvalue weighted by atomic mass is 9.95. The number of aromatic nitrogens is 2. The highest BCUT2D eigenvalue weighted by Crippen LogP contribution is 2.27. The minimum Gasteiger partial charge on any atom is -0.361 e. The van der Waals surface area contributed by atoms with Crippen LogP contribution in [-0.4, -0.2) is 58.6 Å². The molecule has 0 N–H and O–H groups in total. The quantitative estimate of drug-likeness (QED) is 0.636. The Bertz CT molecular complexity index is 824. The zero-order chi connectivity index (χ0) is 20.8. The van der Waals surface area contributed by atoms with Crippen LogP contribution in [0.3, 0.4) is 0 Å². The molecule has 2 fully saturated rings. The van der Waals surface area contributed by atoms with E-state index >= 15 is 0 Å². The van der Waals surface area contributed by atoms with Crippen LogP contribution in [-0.2, 0) is 5.75 Å². The third-order valence-corrected chi connectivity index (χ3v) is 7.19. The number of thioether (sulfide) groups is 1. The first-order chi connectivity index (χ1) is 14.7. The topological polar surface area (TPSA) is 62.5 Å². The summed E-state index contributed by atoms with van der Waals surface area (Å²) in [6.45, 7) is 7.28. The maximum absolute atomic E-state index is 13.2. The number of pyridine rings is 1. The first-order valence-corrected chi connectivity index (χ1v) is 12.2. The number of amides is 1. The molecule has 162 valence electrons. The highest BCUT2D eigenvalue weighted by Gasteiger charge is 2.26. The first-order valence-electron chi connectivity index (χ1n) is 11.2. The van der Waals surface area contributed by atoms with Crippen molar-refractivity contribution in [2.45, 2.75) is 56.2 Å². The van der Waals surface area contributed by atoms with Crippen molar-refractivity contribution in [2.75, 3.05) is 32.7 Å². The van der Waals surface area contributed by atoms with E-state index in [1.807, 2.05) is 30.0 Å². The fraction of sp³-hybridized carbons (Fsp3) is 0.609. The van der Waals surface area contributed by atoms with Crippen molar-refractivity contribution in [1.29, 1.82) is 0 Å². The molecule has 2 aromatic rings. The van der Waals surface area contributed by atoms with Crippen molar-refractivity contribution < 1.29 is 9.32 Å². The number of nitrogens with zero attached hydrogens (tertiary/aromatic N) is 4. The van der Waals surface area contributed by atoms with Crippen LogP contribution in [0.5, 0.6) is 0 Å². The Kier molecular flexibility index (Phi) is 7.44. The second kappa shape index (κ2) is 10.4. The van der Waals surface area contributed by atoms with Crippen LogP contribution in [0.1, 0.15) is 60.3 Å². The van der Waals surface area contributed by atoms with Gasteiger partial charge in [0.25, 0.3) is 5.91 Å². The molecule has 4 rings (SSSR count). The van der Waals surface area contributed by atoms with Crippen molar-refractivity contribution in [2.24, 2.45) is 5.92 Å². The minimum atomic E-state index is 0.107. The molecule has 1 amide bonds. The van der Waals surface area contributed by atoms with Crippen LogP contribution in [0.4, 0.5) is 0 Å². The normalized spacial score (nSPS) is 19.0. The van der Waals surface area contributed by atoms with Crippen LogP contribution in [0.2, 0.25) is 0 Å². The van der Waals surface area contributed by atoms with E-state index in [0.717, 1.165) is 42.4 Å². The van der Waals surface area contributed by atoms with Gasteiger partial charge in [0.2, 0.25) is 0 Å². The molecule has 0 aliphatic carbocycles. The van der Waals surface area contributed by atoms with Crippen molar-refractivity contribution in [3.8, 4) is 0 Å². The molecule has 0 bridgehead atoms. The Morgan fingerprint density at radius 2 is 1.93 bits per heavy atom. The van der Waals surface area contributed by atoms with Gasteiger partial charge >= 0.3 is 0 Å². The van der Waals surface area contributed by atoms with Gasteiger partial charge in [-0.15, -0.1) is 0 Å². The van der Waals surface area contributed by atoms with E-state index in [-0.39, 0.29) is 5.91 Å². The van der Waals surface area contributed by atoms with Crippen molar-refractivity contribution >= 4 is 17.7 Å². The molecule has 30 heavy (non-hydrogen) atoms. The predicted octanol–water partition coefficient (Wildman–Crippen LogP) is 4.40. The summed E-state index contributed by atoms with van der Waals surface area (Å²) in [5.41, 5.74) is 1.57. The number of rotatable bonds is 6. The first kappa shape index (κ1) is 21.4. The Balaban J connectivity index is 1.31. The monoisotopic (exact) mass is 428 g/mol. The van der Waals surface area contributed by atoms with Gasteiger partial charge in [-0.2, -0.15) is 0 Å². The summed E-state index contributed by atoms with van der Waals surface area (Å²) < 4.78 is 5.13. The van der Waals surface area contributed by atoms with Gasteiger partial charge < -0.3 is 14.3 Å². The standard InChI is InChI=1S/C23H32N4O2S/c1-18-15-20(25-29-18)17-30-22-21(7-6-10-24-22)23(28)27-13-8-19(9-14-27)16-26-11-4-2-3-5-12-26/h6-7,10,15,19H,2-5,8-9,11-14,16-17H2,1H3. The van der Waals surface area contributed by atoms with Crippen LogP contribution in [0.25, 0.3) is 0 Å². The van der Waals surface area contributed by atoms with Gasteiger partial charge in [0, 0.05) is 37.7 Å². The van der Waals surface area contributed by atoms with Crippen molar-refractivity contribution in [3.63, 3.8) is 0 Å². The van der Waals surface area contributed by atoms with Crippen molar-refractivity contribution in [1.82, 2.24) is 19.9 Å². The van der Waals surface area contributed by atoms with Crippen LogP contribution >= 0.6 is 11.8 Å². The predicted molar refractivity (Wildman–Crippen MR) is 119 cm³/mol. The van der Waals surface area contributed by atoms with Gasteiger partial charge in [-0.05, 0) is 63.7 Å². The summed E-state index contributed by atoms with van der Waals surface area (Å²) in [6.07, 6.45) is 9.39. The van der Waals surface area contributed by atoms with E-state index in [9.17, 15) is 4.79 Å². The van der Waals surface area contributed by atoms with E-state index in [0.29, 0.717) is 17.2 Å². The molecule has 0 radical (unpaired) electrons. The SMILES string of the molecule is Cc1cc(CSc2ncccc2C(=O)N2CCC(CN3CCCCCC3)CC2)no1. The molecule has 0 unspecified atom stereocenters. The van der Waals surface area contributed by atoms with E-state index < -0.39 is 0 Å². The molecule has 6 nitrogen and oxygen atoms in total. The fourth-order valence-electron chi connectivity index (χ4n) is 4.47. The van der Waals surface area contributed by atoms with Gasteiger partial charge in [-0.1, -0.05) is 29.8 Å². The second-order valence-electron chi connectivity index (χ2n) is 8.52. The average Bonchev–Trinajstić information content (AvgIpc) is 3.02. The van der Waals surface area contributed by atoms with E-state index in [1.165, 1.54) is 45.3 Å². The largest absolute Gasteiger partial charge is 0.361 e. The Morgan fingerprint density at radius 1 is 1.17 bits per heavy atom. The molecule has 0 atom stereocenters. The zero-order valence-electron chi connectivity index (χ0n) is 17.9. The number of hydrogen-bond acceptors (Lipinski definition) is 6. The maximum atomic E-state index is 13.2.